The van der Waals surface area contributed by atoms with Gasteiger partial charge in [0.25, 0.3) is 0 Å². The molecule has 0 aromatic heterocycles. The number of amides is 4. The van der Waals surface area contributed by atoms with Gasteiger partial charge in [-0.2, -0.15) is 0 Å². The number of carbonyl (C=O) groups is 2. The molecule has 0 atom stereocenters. The number of likely N-dealkylation sites (tertiary alicyclic amines) is 2. The Labute approximate surface area is 149 Å². The van der Waals surface area contributed by atoms with E-state index in [1.807, 2.05) is 28.0 Å². The largest absolute Gasteiger partial charge is 0.335 e. The number of hydrogen-bond acceptors (Lipinski definition) is 2. The second-order valence-electron chi connectivity index (χ2n) is 6.89. The van der Waals surface area contributed by atoms with E-state index in [1.54, 1.807) is 0 Å². The summed E-state index contributed by atoms with van der Waals surface area (Å²) in [7, 11) is 0. The van der Waals surface area contributed by atoms with Gasteiger partial charge in [0, 0.05) is 37.9 Å². The van der Waals surface area contributed by atoms with Crippen LogP contribution in [0.2, 0.25) is 0 Å². The smallest absolute Gasteiger partial charge is 0.319 e. The molecule has 1 aromatic carbocycles. The first-order valence-electron chi connectivity index (χ1n) is 9.36. The normalized spacial score (nSPS) is 18.3. The molecule has 0 bridgehead atoms. The van der Waals surface area contributed by atoms with Crippen LogP contribution in [-0.2, 0) is 6.42 Å². The van der Waals surface area contributed by atoms with Crippen LogP contribution in [0.5, 0.6) is 0 Å². The fraction of sp³-hybridized carbons (Fsp3) is 0.579. The minimum Gasteiger partial charge on any atom is -0.335 e. The number of carbonyl (C=O) groups excluding carboxylic acids is 2. The molecule has 0 spiro atoms. The zero-order chi connectivity index (χ0) is 17.6. The topological polar surface area (TPSA) is 64.7 Å². The lowest BCUT2D eigenvalue weighted by atomic mass is 10.1. The molecule has 0 unspecified atom stereocenters. The van der Waals surface area contributed by atoms with Crippen LogP contribution < -0.4 is 10.6 Å². The Morgan fingerprint density at radius 2 is 1.76 bits per heavy atom. The van der Waals surface area contributed by atoms with Crippen LogP contribution >= 0.6 is 0 Å². The molecule has 0 saturated carbocycles. The van der Waals surface area contributed by atoms with Crippen molar-refractivity contribution < 1.29 is 9.59 Å². The summed E-state index contributed by atoms with van der Waals surface area (Å²) in [6.07, 6.45) is 4.79. The Balaban J connectivity index is 1.43. The molecule has 6 heteroatoms. The molecule has 0 radical (unpaired) electrons. The van der Waals surface area contributed by atoms with Crippen molar-refractivity contribution in [3.8, 4) is 0 Å². The molecule has 25 heavy (non-hydrogen) atoms. The van der Waals surface area contributed by atoms with Gasteiger partial charge in [-0.05, 0) is 49.8 Å². The van der Waals surface area contributed by atoms with Crippen LogP contribution in [-0.4, -0.2) is 54.1 Å². The third-order valence-corrected chi connectivity index (χ3v) is 5.07. The van der Waals surface area contributed by atoms with Crippen molar-refractivity contribution in [2.75, 3.05) is 31.5 Å². The summed E-state index contributed by atoms with van der Waals surface area (Å²) in [6.45, 7) is 5.29. The minimum atomic E-state index is -0.169. The molecule has 136 valence electrons. The summed E-state index contributed by atoms with van der Waals surface area (Å²) < 4.78 is 0. The van der Waals surface area contributed by atoms with Crippen molar-refractivity contribution in [1.29, 1.82) is 0 Å². The van der Waals surface area contributed by atoms with Gasteiger partial charge in [-0.25, -0.2) is 9.59 Å². The molecule has 6 nitrogen and oxygen atoms in total. The van der Waals surface area contributed by atoms with E-state index in [-0.39, 0.29) is 18.1 Å². The van der Waals surface area contributed by atoms with E-state index in [0.717, 1.165) is 50.9 Å². The Morgan fingerprint density at radius 1 is 1.08 bits per heavy atom. The first-order chi connectivity index (χ1) is 12.2. The number of benzene rings is 1. The maximum Gasteiger partial charge on any atom is 0.319 e. The molecule has 2 aliphatic heterocycles. The lowest BCUT2D eigenvalue weighted by molar-refractivity contribution is 0.146. The quantitative estimate of drug-likeness (QED) is 0.885. The third kappa shape index (κ3) is 4.65. The molecule has 2 saturated heterocycles. The van der Waals surface area contributed by atoms with Crippen molar-refractivity contribution in [2.24, 2.45) is 0 Å². The Kier molecular flexibility index (Phi) is 5.79. The number of rotatable bonds is 3. The maximum atomic E-state index is 12.4. The number of nitrogens with zero attached hydrogens (tertiary/aromatic N) is 2. The molecular formula is C19H28N4O2. The van der Waals surface area contributed by atoms with Crippen LogP contribution in [0.3, 0.4) is 0 Å². The highest BCUT2D eigenvalue weighted by molar-refractivity contribution is 5.89. The van der Waals surface area contributed by atoms with E-state index in [1.165, 1.54) is 5.56 Å². The van der Waals surface area contributed by atoms with E-state index in [2.05, 4.69) is 23.6 Å². The number of aryl methyl sites for hydroxylation is 1. The first-order valence-corrected chi connectivity index (χ1v) is 9.36. The van der Waals surface area contributed by atoms with Crippen molar-refractivity contribution in [1.82, 2.24) is 15.1 Å². The van der Waals surface area contributed by atoms with E-state index in [4.69, 9.17) is 0 Å². The summed E-state index contributed by atoms with van der Waals surface area (Å²) in [5.74, 6) is 0. The summed E-state index contributed by atoms with van der Waals surface area (Å²) >= 11 is 0. The zero-order valence-corrected chi connectivity index (χ0v) is 15.0. The highest BCUT2D eigenvalue weighted by Gasteiger charge is 2.28. The number of urea groups is 2. The van der Waals surface area contributed by atoms with Crippen molar-refractivity contribution in [3.63, 3.8) is 0 Å². The molecule has 1 aromatic rings. The van der Waals surface area contributed by atoms with Crippen LogP contribution in [0, 0.1) is 0 Å². The summed E-state index contributed by atoms with van der Waals surface area (Å²) in [5, 5.41) is 5.94. The molecule has 0 aliphatic carbocycles. The van der Waals surface area contributed by atoms with E-state index in [9.17, 15) is 9.59 Å². The standard InChI is InChI=1S/C19H28N4O2/c1-2-15-6-5-7-17(14-15)21-18(24)20-16-8-12-23(13-9-16)19(25)22-10-3-4-11-22/h5-7,14,16H,2-4,8-13H2,1H3,(H2,20,21,24). The van der Waals surface area contributed by atoms with Gasteiger partial charge in [0.2, 0.25) is 0 Å². The fourth-order valence-electron chi connectivity index (χ4n) is 3.55. The van der Waals surface area contributed by atoms with Gasteiger partial charge >= 0.3 is 12.1 Å². The van der Waals surface area contributed by atoms with Gasteiger partial charge in [0.1, 0.15) is 0 Å². The summed E-state index contributed by atoms with van der Waals surface area (Å²) in [5.41, 5.74) is 2.02. The predicted molar refractivity (Wildman–Crippen MR) is 98.8 cm³/mol. The average Bonchev–Trinajstić information content (AvgIpc) is 3.16. The predicted octanol–water partition coefficient (Wildman–Crippen LogP) is 3.05. The molecule has 2 heterocycles. The lowest BCUT2D eigenvalue weighted by Crippen LogP contribution is -2.50. The number of anilines is 1. The first kappa shape index (κ1) is 17.6. The van der Waals surface area contributed by atoms with Gasteiger partial charge in [0.15, 0.2) is 0 Å². The summed E-state index contributed by atoms with van der Waals surface area (Å²) in [4.78, 5) is 28.4. The molecule has 4 amide bonds. The summed E-state index contributed by atoms with van der Waals surface area (Å²) in [6, 6.07) is 8.02. The fourth-order valence-corrected chi connectivity index (χ4v) is 3.55. The van der Waals surface area contributed by atoms with E-state index < -0.39 is 0 Å². The van der Waals surface area contributed by atoms with Crippen LogP contribution in [0.25, 0.3) is 0 Å². The van der Waals surface area contributed by atoms with Crippen LogP contribution in [0.1, 0.15) is 38.2 Å². The zero-order valence-electron chi connectivity index (χ0n) is 15.0. The lowest BCUT2D eigenvalue weighted by Gasteiger charge is -2.34. The Hall–Kier alpha value is -2.24. The SMILES string of the molecule is CCc1cccc(NC(=O)NC2CCN(C(=O)N3CCCC3)CC2)c1. The second kappa shape index (κ2) is 8.23. The monoisotopic (exact) mass is 344 g/mol. The number of piperidine rings is 1. The minimum absolute atomic E-state index is 0.122. The van der Waals surface area contributed by atoms with E-state index in [0.29, 0.717) is 13.1 Å². The molecule has 2 fully saturated rings. The van der Waals surface area contributed by atoms with Gasteiger partial charge in [-0.15, -0.1) is 0 Å². The van der Waals surface area contributed by atoms with Gasteiger partial charge in [-0.1, -0.05) is 19.1 Å². The Bertz CT molecular complexity index is 605. The van der Waals surface area contributed by atoms with Crippen molar-refractivity contribution in [3.05, 3.63) is 29.8 Å². The highest BCUT2D eigenvalue weighted by Crippen LogP contribution is 2.16. The third-order valence-electron chi connectivity index (χ3n) is 5.07. The molecule has 2 N–H and O–H groups in total. The Morgan fingerprint density at radius 3 is 2.44 bits per heavy atom. The van der Waals surface area contributed by atoms with Gasteiger partial charge in [-0.3, -0.25) is 0 Å². The second-order valence-corrected chi connectivity index (χ2v) is 6.89. The van der Waals surface area contributed by atoms with Crippen molar-refractivity contribution in [2.45, 2.75) is 45.1 Å². The van der Waals surface area contributed by atoms with E-state index >= 15 is 0 Å². The maximum absolute atomic E-state index is 12.4. The highest BCUT2D eigenvalue weighted by atomic mass is 16.2. The number of hydrogen-bond donors (Lipinski definition) is 2. The van der Waals surface area contributed by atoms with Gasteiger partial charge in [0.05, 0.1) is 0 Å². The van der Waals surface area contributed by atoms with Gasteiger partial charge < -0.3 is 20.4 Å². The molecular weight excluding hydrogens is 316 g/mol. The average molecular weight is 344 g/mol. The van der Waals surface area contributed by atoms with Crippen LogP contribution in [0.4, 0.5) is 15.3 Å². The number of nitrogens with one attached hydrogen (secondary N) is 2. The molecule has 2 aliphatic rings. The molecule has 3 rings (SSSR count). The van der Waals surface area contributed by atoms with Crippen LogP contribution in [0.15, 0.2) is 24.3 Å². The van der Waals surface area contributed by atoms with Crippen molar-refractivity contribution >= 4 is 17.7 Å².